The molecule has 0 aromatic heterocycles. The fourth-order valence-electron chi connectivity index (χ4n) is 11.8. The Bertz CT molecular complexity index is 3590. The molecule has 11 aromatic carbocycles. The maximum Gasteiger partial charge on any atom is 0.0159 e. The summed E-state index contributed by atoms with van der Waals surface area (Å²) in [5.41, 5.74) is 16.8. The highest BCUT2D eigenvalue weighted by atomic mass is 14.4. The normalized spacial score (nSPS) is 14.3. The van der Waals surface area contributed by atoms with Gasteiger partial charge >= 0.3 is 0 Å². The highest BCUT2D eigenvalue weighted by molar-refractivity contribution is 6.27. The Kier molecular flexibility index (Phi) is 7.41. The first-order valence-corrected chi connectivity index (χ1v) is 22.1. The zero-order chi connectivity index (χ0) is 40.4. The van der Waals surface area contributed by atoms with E-state index in [4.69, 9.17) is 0 Å². The van der Waals surface area contributed by atoms with Crippen molar-refractivity contribution in [2.45, 2.75) is 44.9 Å². The van der Waals surface area contributed by atoms with Gasteiger partial charge in [0, 0.05) is 5.41 Å². The smallest absolute Gasteiger partial charge is 0.0159 e. The lowest BCUT2D eigenvalue weighted by atomic mass is 9.76. The summed E-state index contributed by atoms with van der Waals surface area (Å²) in [5.74, 6) is 0. The highest BCUT2D eigenvalue weighted by Gasteiger charge is 2.39. The van der Waals surface area contributed by atoms with E-state index < -0.39 is 0 Å². The average Bonchev–Trinajstić information content (AvgIpc) is 3.54. The largest absolute Gasteiger partial charge is 0.0616 e. The topological polar surface area (TPSA) is 0 Å². The van der Waals surface area contributed by atoms with Gasteiger partial charge < -0.3 is 0 Å². The Morgan fingerprint density at radius 3 is 1.41 bits per heavy atom. The lowest BCUT2D eigenvalue weighted by Gasteiger charge is -2.27. The Labute approximate surface area is 356 Å². The lowest BCUT2D eigenvalue weighted by molar-refractivity contribution is 0.654. The third-order valence-corrected chi connectivity index (χ3v) is 14.6. The summed E-state index contributed by atoms with van der Waals surface area (Å²) >= 11 is 0. The van der Waals surface area contributed by atoms with Gasteiger partial charge in [-0.3, -0.25) is 0 Å². The molecule has 0 heteroatoms. The van der Waals surface area contributed by atoms with Gasteiger partial charge in [0.05, 0.1) is 0 Å². The van der Waals surface area contributed by atoms with E-state index in [0.29, 0.717) is 0 Å². The summed E-state index contributed by atoms with van der Waals surface area (Å²) in [6, 6.07) is 69.0. The van der Waals surface area contributed by atoms with Gasteiger partial charge in [-0.05, 0) is 175 Å². The maximum atomic E-state index is 2.60. The molecule has 288 valence electrons. The zero-order valence-electron chi connectivity index (χ0n) is 34.6. The maximum absolute atomic E-state index is 2.60. The Morgan fingerprint density at radius 1 is 0.311 bits per heavy atom. The van der Waals surface area contributed by atoms with Crippen LogP contribution in [0.15, 0.2) is 182 Å². The molecule has 0 radical (unpaired) electrons. The van der Waals surface area contributed by atoms with Crippen molar-refractivity contribution in [3.05, 3.63) is 204 Å². The third kappa shape index (κ3) is 4.94. The summed E-state index contributed by atoms with van der Waals surface area (Å²) in [6.45, 7) is 4.93. The quantitative estimate of drug-likeness (QED) is 0.124. The van der Waals surface area contributed by atoms with Crippen molar-refractivity contribution in [3.63, 3.8) is 0 Å². The van der Waals surface area contributed by atoms with Gasteiger partial charge in [0.1, 0.15) is 0 Å². The van der Waals surface area contributed by atoms with E-state index >= 15 is 0 Å². The molecule has 61 heavy (non-hydrogen) atoms. The molecular weight excluding hydrogens is 733 g/mol. The molecule has 13 rings (SSSR count). The monoisotopic (exact) mass is 776 g/mol. The second kappa shape index (κ2) is 13.0. The fraction of sp³-hybridized carbons (Fsp3) is 0.115. The molecular formula is C61H44. The molecule has 0 nitrogen and oxygen atoms in total. The minimum absolute atomic E-state index is 0.129. The first-order chi connectivity index (χ1) is 30.0. The SMILES string of the molecule is CC1(C)c2cc3c4ccccc4c4ccccc4c3cc2-c2c1cc(-c1ccc(-c3c4ccccc4c(-c4cccc5ccccc45)c4ccccc34)cc1)c1c2CCCC1. The van der Waals surface area contributed by atoms with Crippen LogP contribution in [0.1, 0.15) is 48.9 Å². The van der Waals surface area contributed by atoms with Crippen LogP contribution < -0.4 is 0 Å². The first-order valence-electron chi connectivity index (χ1n) is 22.1. The summed E-state index contributed by atoms with van der Waals surface area (Å²) < 4.78 is 0. The van der Waals surface area contributed by atoms with Gasteiger partial charge in [0.25, 0.3) is 0 Å². The molecule has 0 saturated carbocycles. The molecule has 0 bridgehead atoms. The van der Waals surface area contributed by atoms with Gasteiger partial charge in [-0.25, -0.2) is 0 Å². The molecule has 0 atom stereocenters. The third-order valence-electron chi connectivity index (χ3n) is 14.6. The molecule has 0 saturated heterocycles. The van der Waals surface area contributed by atoms with Crippen molar-refractivity contribution < 1.29 is 0 Å². The summed E-state index contributed by atoms with van der Waals surface area (Å²) in [7, 11) is 0. The van der Waals surface area contributed by atoms with Crippen molar-refractivity contribution in [1.82, 2.24) is 0 Å². The van der Waals surface area contributed by atoms with Crippen molar-refractivity contribution in [2.24, 2.45) is 0 Å². The van der Waals surface area contributed by atoms with Gasteiger partial charge in [0.15, 0.2) is 0 Å². The van der Waals surface area contributed by atoms with Crippen LogP contribution in [-0.2, 0) is 18.3 Å². The van der Waals surface area contributed by atoms with Crippen LogP contribution in [0.4, 0.5) is 0 Å². The van der Waals surface area contributed by atoms with E-state index in [-0.39, 0.29) is 5.41 Å². The number of rotatable bonds is 3. The van der Waals surface area contributed by atoms with Gasteiger partial charge in [-0.15, -0.1) is 0 Å². The van der Waals surface area contributed by atoms with Crippen LogP contribution in [0.2, 0.25) is 0 Å². The van der Waals surface area contributed by atoms with Gasteiger partial charge in [0.2, 0.25) is 0 Å². The van der Waals surface area contributed by atoms with E-state index in [2.05, 4.69) is 196 Å². The van der Waals surface area contributed by atoms with E-state index in [1.807, 2.05) is 0 Å². The highest BCUT2D eigenvalue weighted by Crippen LogP contribution is 2.56. The van der Waals surface area contributed by atoms with E-state index in [9.17, 15) is 0 Å². The lowest BCUT2D eigenvalue weighted by Crippen LogP contribution is -2.16. The summed E-state index contributed by atoms with van der Waals surface area (Å²) in [5, 5.41) is 15.8. The Morgan fingerprint density at radius 2 is 0.787 bits per heavy atom. The zero-order valence-corrected chi connectivity index (χ0v) is 34.6. The Hall–Kier alpha value is -7.02. The van der Waals surface area contributed by atoms with E-state index in [0.717, 1.165) is 12.8 Å². The minimum Gasteiger partial charge on any atom is -0.0616 e. The molecule has 2 aliphatic rings. The van der Waals surface area contributed by atoms with Crippen LogP contribution in [0.3, 0.4) is 0 Å². The number of benzene rings is 11. The van der Waals surface area contributed by atoms with Gasteiger partial charge in [-0.2, -0.15) is 0 Å². The van der Waals surface area contributed by atoms with Crippen molar-refractivity contribution in [1.29, 1.82) is 0 Å². The van der Waals surface area contributed by atoms with Crippen LogP contribution in [0, 0.1) is 0 Å². The van der Waals surface area contributed by atoms with E-state index in [1.54, 1.807) is 11.1 Å². The molecule has 0 fully saturated rings. The summed E-state index contributed by atoms with van der Waals surface area (Å²) in [4.78, 5) is 0. The fourth-order valence-corrected chi connectivity index (χ4v) is 11.8. The standard InChI is InChI=1S/C61H44/c1-61(2)56-36-54-44-22-8-6-20-42(44)41-19-5-7-21-43(41)53(54)34-55(56)60-47-24-10-9-23-45(47)52(35-57(60)61)38-30-32-39(33-31-38)58-48-25-11-13-27-50(48)59(51-28-14-12-26-49(51)58)46-29-15-17-37-16-3-4-18-40(37)46/h3-8,11-22,25-36H,9-10,23-24H2,1-2H3. The summed E-state index contributed by atoms with van der Waals surface area (Å²) in [6.07, 6.45) is 4.74. The van der Waals surface area contributed by atoms with Crippen molar-refractivity contribution >= 4 is 64.6 Å². The van der Waals surface area contributed by atoms with E-state index in [1.165, 1.54) is 133 Å². The van der Waals surface area contributed by atoms with Crippen LogP contribution in [0.25, 0.3) is 109 Å². The molecule has 0 aliphatic heterocycles. The second-order valence-electron chi connectivity index (χ2n) is 18.1. The van der Waals surface area contributed by atoms with Crippen LogP contribution in [-0.4, -0.2) is 0 Å². The second-order valence-corrected chi connectivity index (χ2v) is 18.1. The number of hydrogen-bond acceptors (Lipinski definition) is 0. The molecule has 0 unspecified atom stereocenters. The van der Waals surface area contributed by atoms with Crippen LogP contribution >= 0.6 is 0 Å². The molecule has 2 aliphatic carbocycles. The van der Waals surface area contributed by atoms with Crippen molar-refractivity contribution in [3.8, 4) is 44.5 Å². The first kappa shape index (κ1) is 34.8. The van der Waals surface area contributed by atoms with Crippen LogP contribution in [0.5, 0.6) is 0 Å². The molecule has 11 aromatic rings. The number of fused-ring (bicyclic) bond motifs is 14. The predicted molar refractivity (Wildman–Crippen MR) is 262 cm³/mol. The predicted octanol–water partition coefficient (Wildman–Crippen LogP) is 16.8. The molecule has 0 amide bonds. The Balaban J connectivity index is 0.992. The molecule has 0 N–H and O–H groups in total. The minimum atomic E-state index is -0.129. The molecule has 0 heterocycles. The van der Waals surface area contributed by atoms with Gasteiger partial charge in [-0.1, -0.05) is 178 Å². The number of hydrogen-bond donors (Lipinski definition) is 0. The average molecular weight is 777 g/mol. The van der Waals surface area contributed by atoms with Crippen molar-refractivity contribution in [2.75, 3.05) is 0 Å². The molecule has 0 spiro atoms.